The molecule has 0 unspecified atom stereocenters. The highest BCUT2D eigenvalue weighted by molar-refractivity contribution is 9.08. The van der Waals surface area contributed by atoms with Gasteiger partial charge in [-0.05, 0) is 31.4 Å². The molecule has 0 amide bonds. The lowest BCUT2D eigenvalue weighted by Gasteiger charge is -2.10. The van der Waals surface area contributed by atoms with Gasteiger partial charge >= 0.3 is 0 Å². The predicted molar refractivity (Wildman–Crippen MR) is 76.1 cm³/mol. The van der Waals surface area contributed by atoms with Crippen LogP contribution in [-0.2, 0) is 5.33 Å². The van der Waals surface area contributed by atoms with Crippen LogP contribution in [0.4, 0.5) is 0 Å². The molecule has 2 aromatic rings. The van der Waals surface area contributed by atoms with Crippen LogP contribution in [0.2, 0.25) is 5.02 Å². The Balaban J connectivity index is 2.17. The number of halogens is 2. The van der Waals surface area contributed by atoms with E-state index in [2.05, 4.69) is 36.8 Å². The van der Waals surface area contributed by atoms with Crippen molar-refractivity contribution in [2.75, 3.05) is 0 Å². The minimum Gasteiger partial charge on any atom is -0.307 e. The summed E-state index contributed by atoms with van der Waals surface area (Å²) >= 11 is 9.66. The van der Waals surface area contributed by atoms with Crippen molar-refractivity contribution >= 4 is 27.5 Å². The first-order valence-corrected chi connectivity index (χ1v) is 7.47. The third-order valence-electron chi connectivity index (χ3n) is 3.31. The summed E-state index contributed by atoms with van der Waals surface area (Å²) in [5, 5.41) is 10.1. The van der Waals surface area contributed by atoms with E-state index in [1.807, 2.05) is 19.1 Å². The van der Waals surface area contributed by atoms with E-state index in [9.17, 15) is 0 Å². The molecule has 1 aliphatic rings. The molecule has 1 aliphatic carbocycles. The summed E-state index contributed by atoms with van der Waals surface area (Å²) in [6.07, 6.45) is 2.43. The van der Waals surface area contributed by atoms with Crippen molar-refractivity contribution in [3.8, 4) is 11.4 Å². The molecule has 1 fully saturated rings. The van der Waals surface area contributed by atoms with Gasteiger partial charge in [-0.2, -0.15) is 0 Å². The lowest BCUT2D eigenvalue weighted by Crippen LogP contribution is -2.02. The molecule has 0 spiro atoms. The first-order chi connectivity index (χ1) is 8.72. The number of rotatable bonds is 3. The van der Waals surface area contributed by atoms with E-state index in [4.69, 9.17) is 11.6 Å². The fourth-order valence-electron chi connectivity index (χ4n) is 2.16. The van der Waals surface area contributed by atoms with Crippen molar-refractivity contribution in [2.45, 2.75) is 31.1 Å². The Morgan fingerprint density at radius 2 is 2.17 bits per heavy atom. The van der Waals surface area contributed by atoms with Crippen LogP contribution in [-0.4, -0.2) is 14.8 Å². The number of nitrogens with zero attached hydrogens (tertiary/aromatic N) is 3. The molecule has 5 heteroatoms. The van der Waals surface area contributed by atoms with Crippen LogP contribution in [0.25, 0.3) is 11.4 Å². The van der Waals surface area contributed by atoms with Crippen molar-refractivity contribution in [2.24, 2.45) is 0 Å². The van der Waals surface area contributed by atoms with Crippen LogP contribution in [0.5, 0.6) is 0 Å². The van der Waals surface area contributed by atoms with Gasteiger partial charge in [0.2, 0.25) is 0 Å². The first-order valence-electron chi connectivity index (χ1n) is 5.97. The molecule has 1 saturated carbocycles. The molecule has 1 aromatic carbocycles. The van der Waals surface area contributed by atoms with Crippen LogP contribution in [0, 0.1) is 6.92 Å². The minimum absolute atomic E-state index is 0.556. The summed E-state index contributed by atoms with van der Waals surface area (Å²) in [6, 6.07) is 6.48. The molecule has 3 rings (SSSR count). The quantitative estimate of drug-likeness (QED) is 0.794. The Morgan fingerprint density at radius 3 is 2.83 bits per heavy atom. The Labute approximate surface area is 119 Å². The summed E-state index contributed by atoms with van der Waals surface area (Å²) in [7, 11) is 0. The zero-order chi connectivity index (χ0) is 12.7. The van der Waals surface area contributed by atoms with Gasteiger partial charge in [-0.3, -0.25) is 0 Å². The van der Waals surface area contributed by atoms with Crippen molar-refractivity contribution in [3.05, 3.63) is 34.6 Å². The van der Waals surface area contributed by atoms with Gasteiger partial charge in [-0.1, -0.05) is 39.7 Å². The fraction of sp³-hybridized carbons (Fsp3) is 0.385. The van der Waals surface area contributed by atoms with Gasteiger partial charge < -0.3 is 4.57 Å². The third-order valence-corrected chi connectivity index (χ3v) is 4.22. The van der Waals surface area contributed by atoms with Crippen LogP contribution in [0.1, 0.15) is 30.3 Å². The van der Waals surface area contributed by atoms with Crippen LogP contribution in [0.15, 0.2) is 18.2 Å². The first kappa shape index (κ1) is 12.2. The van der Waals surface area contributed by atoms with Crippen molar-refractivity contribution in [3.63, 3.8) is 0 Å². The lowest BCUT2D eigenvalue weighted by atomic mass is 10.1. The zero-order valence-corrected chi connectivity index (χ0v) is 12.4. The van der Waals surface area contributed by atoms with E-state index in [0.717, 1.165) is 33.1 Å². The second kappa shape index (κ2) is 4.67. The smallest absolute Gasteiger partial charge is 0.164 e. The molecule has 0 saturated heterocycles. The SMILES string of the molecule is Cc1c(Cl)cccc1-c1nnc(CBr)n1C1CC1. The van der Waals surface area contributed by atoms with Gasteiger partial charge in [0.05, 0.1) is 5.33 Å². The topological polar surface area (TPSA) is 30.7 Å². The zero-order valence-electron chi connectivity index (χ0n) is 10.0. The summed E-state index contributed by atoms with van der Waals surface area (Å²) in [5.74, 6) is 1.93. The average molecular weight is 327 g/mol. The van der Waals surface area contributed by atoms with Crippen molar-refractivity contribution in [1.29, 1.82) is 0 Å². The Kier molecular flexibility index (Phi) is 3.16. The highest BCUT2D eigenvalue weighted by Gasteiger charge is 2.30. The Morgan fingerprint density at radius 1 is 1.39 bits per heavy atom. The monoisotopic (exact) mass is 325 g/mol. The number of aromatic nitrogens is 3. The van der Waals surface area contributed by atoms with Crippen molar-refractivity contribution in [1.82, 2.24) is 14.8 Å². The second-order valence-electron chi connectivity index (χ2n) is 4.59. The predicted octanol–water partition coefficient (Wildman–Crippen LogP) is 4.14. The van der Waals surface area contributed by atoms with E-state index < -0.39 is 0 Å². The number of alkyl halides is 1. The Hall–Kier alpha value is -0.870. The molecule has 18 heavy (non-hydrogen) atoms. The molecule has 1 aromatic heterocycles. The van der Waals surface area contributed by atoms with Crippen LogP contribution >= 0.6 is 27.5 Å². The number of hydrogen-bond acceptors (Lipinski definition) is 2. The molecule has 94 valence electrons. The molecular weight excluding hydrogens is 314 g/mol. The van der Waals surface area contributed by atoms with Crippen molar-refractivity contribution < 1.29 is 0 Å². The van der Waals surface area contributed by atoms with E-state index in [0.29, 0.717) is 6.04 Å². The molecule has 0 radical (unpaired) electrons. The molecule has 0 aliphatic heterocycles. The minimum atomic E-state index is 0.556. The van der Waals surface area contributed by atoms with Gasteiger partial charge in [0.15, 0.2) is 5.82 Å². The summed E-state index contributed by atoms with van der Waals surface area (Å²) in [6.45, 7) is 2.03. The molecule has 0 atom stereocenters. The third kappa shape index (κ3) is 1.97. The van der Waals surface area contributed by atoms with Gasteiger partial charge in [-0.25, -0.2) is 0 Å². The molecular formula is C13H13BrClN3. The van der Waals surface area contributed by atoms with E-state index in [1.165, 1.54) is 12.8 Å². The maximum absolute atomic E-state index is 6.19. The summed E-state index contributed by atoms with van der Waals surface area (Å²) in [4.78, 5) is 0. The maximum Gasteiger partial charge on any atom is 0.164 e. The second-order valence-corrected chi connectivity index (χ2v) is 5.55. The van der Waals surface area contributed by atoms with Gasteiger partial charge in [0, 0.05) is 16.6 Å². The highest BCUT2D eigenvalue weighted by Crippen LogP contribution is 2.40. The summed E-state index contributed by atoms with van der Waals surface area (Å²) in [5.41, 5.74) is 2.14. The van der Waals surface area contributed by atoms with Gasteiger partial charge in [0.1, 0.15) is 5.82 Å². The molecule has 0 bridgehead atoms. The fourth-order valence-corrected chi connectivity index (χ4v) is 2.72. The highest BCUT2D eigenvalue weighted by atomic mass is 79.9. The maximum atomic E-state index is 6.19. The summed E-state index contributed by atoms with van der Waals surface area (Å²) < 4.78 is 2.24. The largest absolute Gasteiger partial charge is 0.307 e. The van der Waals surface area contributed by atoms with Gasteiger partial charge in [-0.15, -0.1) is 10.2 Å². The lowest BCUT2D eigenvalue weighted by molar-refractivity contribution is 0.714. The van der Waals surface area contributed by atoms with Crippen LogP contribution < -0.4 is 0 Å². The normalized spacial score (nSPS) is 15.1. The molecule has 0 N–H and O–H groups in total. The van der Waals surface area contributed by atoms with E-state index in [-0.39, 0.29) is 0 Å². The van der Waals surface area contributed by atoms with E-state index >= 15 is 0 Å². The number of hydrogen-bond donors (Lipinski definition) is 0. The average Bonchev–Trinajstić information content (AvgIpc) is 3.12. The Bertz CT molecular complexity index is 590. The van der Waals surface area contributed by atoms with Gasteiger partial charge in [0.25, 0.3) is 0 Å². The number of benzene rings is 1. The molecule has 3 nitrogen and oxygen atoms in total. The molecule has 1 heterocycles. The van der Waals surface area contributed by atoms with Crippen LogP contribution in [0.3, 0.4) is 0 Å². The standard InChI is InChI=1S/C13H13BrClN3/c1-8-10(3-2-4-11(8)15)13-17-16-12(7-14)18(13)9-5-6-9/h2-4,9H,5-7H2,1H3. The van der Waals surface area contributed by atoms with E-state index in [1.54, 1.807) is 0 Å².